The van der Waals surface area contributed by atoms with Crippen LogP contribution < -0.4 is 4.74 Å². The van der Waals surface area contributed by atoms with Crippen LogP contribution in [0.2, 0.25) is 0 Å². The molecule has 162 valence electrons. The van der Waals surface area contributed by atoms with Crippen LogP contribution in [0, 0.1) is 11.8 Å². The fourth-order valence-electron chi connectivity index (χ4n) is 5.31. The van der Waals surface area contributed by atoms with Crippen LogP contribution in [-0.4, -0.2) is 50.3 Å². The van der Waals surface area contributed by atoms with Crippen molar-refractivity contribution in [1.29, 1.82) is 0 Å². The van der Waals surface area contributed by atoms with Gasteiger partial charge in [0.15, 0.2) is 0 Å². The highest BCUT2D eigenvalue weighted by molar-refractivity contribution is 9.10. The summed E-state index contributed by atoms with van der Waals surface area (Å²) >= 11 is 3.69. The minimum Gasteiger partial charge on any atom is -0.504 e. The van der Waals surface area contributed by atoms with Crippen LogP contribution in [0.5, 0.6) is 5.75 Å². The Morgan fingerprint density at radius 2 is 2.13 bits per heavy atom. The molecule has 1 fully saturated rings. The van der Waals surface area contributed by atoms with Crippen LogP contribution in [0.15, 0.2) is 28.4 Å². The van der Waals surface area contributed by atoms with Gasteiger partial charge in [0.05, 0.1) is 44.7 Å². The number of nitrogens with one attached hydrogen (secondary N) is 1. The Balaban J connectivity index is 1.79. The fourth-order valence-corrected chi connectivity index (χ4v) is 5.74. The molecule has 1 saturated heterocycles. The number of hydrogen-bond acceptors (Lipinski definition) is 5. The maximum absolute atomic E-state index is 12.5. The number of fused-ring (bicyclic) bond motifs is 5. The van der Waals surface area contributed by atoms with Crippen molar-refractivity contribution >= 4 is 32.8 Å². The summed E-state index contributed by atoms with van der Waals surface area (Å²) in [6.45, 7) is 4.15. The second kappa shape index (κ2) is 8.63. The molecule has 3 atom stereocenters. The smallest absolute Gasteiger partial charge is 0.337 e. The van der Waals surface area contributed by atoms with Crippen LogP contribution in [0.25, 0.3) is 10.9 Å². The molecule has 30 heavy (non-hydrogen) atoms. The Labute approximate surface area is 185 Å². The van der Waals surface area contributed by atoms with E-state index in [0.29, 0.717) is 11.5 Å². The molecule has 1 aromatic carbocycles. The van der Waals surface area contributed by atoms with E-state index in [-0.39, 0.29) is 17.9 Å². The maximum atomic E-state index is 12.5. The van der Waals surface area contributed by atoms with E-state index in [2.05, 4.69) is 32.7 Å². The van der Waals surface area contributed by atoms with Gasteiger partial charge >= 0.3 is 5.97 Å². The number of aromatic amines is 1. The minimum absolute atomic E-state index is 0.0892. The molecule has 0 saturated carbocycles. The first kappa shape index (κ1) is 21.2. The topological polar surface area (TPSA) is 63.8 Å². The molecular formula is C23H29BrN2O4. The monoisotopic (exact) mass is 476 g/mol. The summed E-state index contributed by atoms with van der Waals surface area (Å²) in [5.74, 6) is 1.07. The molecule has 1 aromatic heterocycles. The number of ether oxygens (including phenoxy) is 3. The van der Waals surface area contributed by atoms with Gasteiger partial charge in [-0.1, -0.05) is 13.3 Å². The number of nitrogens with zero attached hydrogens (tertiary/aromatic N) is 1. The van der Waals surface area contributed by atoms with Gasteiger partial charge in [0.1, 0.15) is 5.75 Å². The predicted molar refractivity (Wildman–Crippen MR) is 120 cm³/mol. The van der Waals surface area contributed by atoms with Gasteiger partial charge in [-0.2, -0.15) is 0 Å². The molecule has 0 aliphatic carbocycles. The fraction of sp³-hybridized carbons (Fsp3) is 0.522. The van der Waals surface area contributed by atoms with Gasteiger partial charge in [-0.15, -0.1) is 0 Å². The number of esters is 1. The van der Waals surface area contributed by atoms with E-state index < -0.39 is 0 Å². The van der Waals surface area contributed by atoms with Crippen molar-refractivity contribution in [2.24, 2.45) is 11.8 Å². The lowest BCUT2D eigenvalue weighted by atomic mass is 9.74. The van der Waals surface area contributed by atoms with Crippen molar-refractivity contribution in [2.45, 2.75) is 32.2 Å². The van der Waals surface area contributed by atoms with Gasteiger partial charge in [-0.05, 0) is 58.3 Å². The van der Waals surface area contributed by atoms with Crippen molar-refractivity contribution in [3.63, 3.8) is 0 Å². The highest BCUT2D eigenvalue weighted by atomic mass is 79.9. The van der Waals surface area contributed by atoms with Gasteiger partial charge in [-0.3, -0.25) is 4.90 Å². The SMILES string of the molecule is CCC1CN2CCc3c([nH]c4c(Br)ccc(OC)c34)C2CC1/C(=C\OC)C(=O)OC. The molecule has 0 amide bonds. The van der Waals surface area contributed by atoms with E-state index in [1.807, 2.05) is 12.1 Å². The molecular weight excluding hydrogens is 448 g/mol. The van der Waals surface area contributed by atoms with E-state index in [4.69, 9.17) is 14.2 Å². The molecule has 2 aliphatic heterocycles. The lowest BCUT2D eigenvalue weighted by Crippen LogP contribution is -2.47. The molecule has 3 heterocycles. The van der Waals surface area contributed by atoms with E-state index in [9.17, 15) is 4.79 Å². The van der Waals surface area contributed by atoms with Crippen LogP contribution in [0.3, 0.4) is 0 Å². The molecule has 7 heteroatoms. The first-order chi connectivity index (χ1) is 14.5. The quantitative estimate of drug-likeness (QED) is 0.388. The number of hydrogen-bond donors (Lipinski definition) is 1. The molecule has 6 nitrogen and oxygen atoms in total. The zero-order chi connectivity index (χ0) is 21.4. The second-order valence-electron chi connectivity index (χ2n) is 8.09. The van der Waals surface area contributed by atoms with Gasteiger partial charge in [0, 0.05) is 28.6 Å². The highest BCUT2D eigenvalue weighted by Gasteiger charge is 2.42. The third-order valence-corrected chi connectivity index (χ3v) is 7.41. The average molecular weight is 477 g/mol. The Bertz CT molecular complexity index is 983. The van der Waals surface area contributed by atoms with Crippen molar-refractivity contribution < 1.29 is 19.0 Å². The summed E-state index contributed by atoms with van der Waals surface area (Å²) in [4.78, 5) is 18.8. The Kier molecular flexibility index (Phi) is 6.11. The average Bonchev–Trinajstić information content (AvgIpc) is 3.17. The van der Waals surface area contributed by atoms with Gasteiger partial charge in [-0.25, -0.2) is 4.79 Å². The normalized spacial score (nSPS) is 24.3. The number of halogens is 1. The largest absolute Gasteiger partial charge is 0.504 e. The van der Waals surface area contributed by atoms with E-state index in [1.165, 1.54) is 18.4 Å². The Morgan fingerprint density at radius 1 is 1.33 bits per heavy atom. The number of methoxy groups -OCH3 is 3. The molecule has 0 radical (unpaired) electrons. The third kappa shape index (κ3) is 3.42. The van der Waals surface area contributed by atoms with Crippen LogP contribution in [-0.2, 0) is 20.7 Å². The van der Waals surface area contributed by atoms with Crippen molar-refractivity contribution in [2.75, 3.05) is 34.4 Å². The number of carbonyl (C=O) groups is 1. The van der Waals surface area contributed by atoms with E-state index >= 15 is 0 Å². The van der Waals surface area contributed by atoms with Crippen molar-refractivity contribution in [3.8, 4) is 5.75 Å². The zero-order valence-corrected chi connectivity index (χ0v) is 19.5. The Morgan fingerprint density at radius 3 is 2.80 bits per heavy atom. The van der Waals surface area contributed by atoms with Crippen molar-refractivity contribution in [1.82, 2.24) is 9.88 Å². The molecule has 1 N–H and O–H groups in total. The maximum Gasteiger partial charge on any atom is 0.337 e. The summed E-state index contributed by atoms with van der Waals surface area (Å²) in [5, 5.41) is 1.16. The summed E-state index contributed by atoms with van der Waals surface area (Å²) in [6, 6.07) is 4.25. The molecule has 0 bridgehead atoms. The van der Waals surface area contributed by atoms with Crippen LogP contribution in [0.4, 0.5) is 0 Å². The molecule has 3 unspecified atom stereocenters. The van der Waals surface area contributed by atoms with Gasteiger partial charge in [0.2, 0.25) is 0 Å². The number of H-pyrrole nitrogens is 1. The summed E-state index contributed by atoms with van der Waals surface area (Å²) in [5.41, 5.74) is 4.28. The van der Waals surface area contributed by atoms with E-state index in [0.717, 1.165) is 53.5 Å². The molecule has 2 aromatic rings. The standard InChI is InChI=1S/C23H29BrN2O4/c1-5-13-11-26-9-8-14-20-19(29-3)7-6-17(24)22(20)25-21(14)18(26)10-15(13)16(12-28-2)23(27)30-4/h6-7,12-13,15,18,25H,5,8-11H2,1-4H3/b16-12+. The third-order valence-electron chi connectivity index (χ3n) is 6.75. The first-order valence-electron chi connectivity index (χ1n) is 10.5. The lowest BCUT2D eigenvalue weighted by molar-refractivity contribution is -0.137. The van der Waals surface area contributed by atoms with Crippen molar-refractivity contribution in [3.05, 3.63) is 39.7 Å². The first-order valence-corrected chi connectivity index (χ1v) is 11.2. The summed E-state index contributed by atoms with van der Waals surface area (Å²) < 4.78 is 17.1. The minimum atomic E-state index is -0.300. The highest BCUT2D eigenvalue weighted by Crippen LogP contribution is 2.47. The number of rotatable bonds is 5. The second-order valence-corrected chi connectivity index (χ2v) is 8.94. The summed E-state index contributed by atoms with van der Waals surface area (Å²) in [6.07, 6.45) is 4.41. The Hall–Kier alpha value is -1.99. The molecule has 0 spiro atoms. The number of carbonyl (C=O) groups excluding carboxylic acids is 1. The van der Waals surface area contributed by atoms with E-state index in [1.54, 1.807) is 20.5 Å². The van der Waals surface area contributed by atoms with Gasteiger partial charge in [0.25, 0.3) is 0 Å². The number of piperidine rings is 1. The molecule has 2 aliphatic rings. The van der Waals surface area contributed by atoms with Crippen LogP contribution >= 0.6 is 15.9 Å². The van der Waals surface area contributed by atoms with Gasteiger partial charge < -0.3 is 19.2 Å². The number of benzene rings is 1. The zero-order valence-electron chi connectivity index (χ0n) is 18.0. The number of aromatic nitrogens is 1. The predicted octanol–water partition coefficient (Wildman–Crippen LogP) is 4.59. The summed E-state index contributed by atoms with van der Waals surface area (Å²) in [7, 11) is 4.74. The molecule has 4 rings (SSSR count). The van der Waals surface area contributed by atoms with Crippen LogP contribution in [0.1, 0.15) is 37.1 Å². The lowest BCUT2D eigenvalue weighted by Gasteiger charge is -2.46.